The van der Waals surface area contributed by atoms with Gasteiger partial charge in [-0.1, -0.05) is 13.8 Å². The molecule has 1 aliphatic rings. The van der Waals surface area contributed by atoms with Gasteiger partial charge in [-0.2, -0.15) is 0 Å². The number of likely N-dealkylation sites (tertiary alicyclic amines) is 1. The minimum atomic E-state index is 0.219. The highest BCUT2D eigenvalue weighted by Crippen LogP contribution is 2.39. The fourth-order valence-electron chi connectivity index (χ4n) is 2.99. The molecule has 0 bridgehead atoms. The lowest BCUT2D eigenvalue weighted by atomic mass is 10.00. The molecule has 1 aliphatic heterocycles. The van der Waals surface area contributed by atoms with Crippen molar-refractivity contribution in [3.05, 3.63) is 23.3 Å². The molecule has 0 spiro atoms. The average molecular weight is 347 g/mol. The Kier molecular flexibility index (Phi) is 7.31. The fourth-order valence-corrected chi connectivity index (χ4v) is 2.99. The third-order valence-electron chi connectivity index (χ3n) is 4.22. The number of carbonyl (C=O) groups excluding carboxylic acids is 1. The van der Waals surface area contributed by atoms with E-state index in [0.717, 1.165) is 37.1 Å². The maximum atomic E-state index is 12.3. The van der Waals surface area contributed by atoms with Crippen molar-refractivity contribution in [1.29, 1.82) is 0 Å². The van der Waals surface area contributed by atoms with E-state index in [0.29, 0.717) is 36.8 Å². The summed E-state index contributed by atoms with van der Waals surface area (Å²) in [6, 6.07) is 3.79. The van der Waals surface area contributed by atoms with Crippen LogP contribution in [0.5, 0.6) is 17.2 Å². The maximum absolute atomic E-state index is 12.3. The van der Waals surface area contributed by atoms with Crippen molar-refractivity contribution in [2.24, 2.45) is 0 Å². The van der Waals surface area contributed by atoms with Gasteiger partial charge in [-0.05, 0) is 43.2 Å². The monoisotopic (exact) mass is 347 g/mol. The molecule has 0 aliphatic carbocycles. The number of piperidine rings is 1. The van der Waals surface area contributed by atoms with Crippen LogP contribution in [-0.2, 0) is 4.79 Å². The second kappa shape index (κ2) is 9.47. The van der Waals surface area contributed by atoms with Crippen molar-refractivity contribution < 1.29 is 19.0 Å². The lowest BCUT2D eigenvalue weighted by molar-refractivity contribution is -0.117. The van der Waals surface area contributed by atoms with Crippen molar-refractivity contribution in [1.82, 2.24) is 4.90 Å². The normalized spacial score (nSPS) is 17.0. The lowest BCUT2D eigenvalue weighted by Crippen LogP contribution is -2.36. The van der Waals surface area contributed by atoms with E-state index in [4.69, 9.17) is 14.2 Å². The first-order valence-corrected chi connectivity index (χ1v) is 8.97. The summed E-state index contributed by atoms with van der Waals surface area (Å²) in [6.07, 6.45) is 4.52. The molecule has 2 rings (SSSR count). The topological polar surface area (TPSA) is 48.0 Å². The number of rotatable bonds is 8. The van der Waals surface area contributed by atoms with Crippen LogP contribution in [0.3, 0.4) is 0 Å². The molecule has 1 aromatic rings. The lowest BCUT2D eigenvalue weighted by Gasteiger charge is -2.27. The van der Waals surface area contributed by atoms with Crippen LogP contribution >= 0.6 is 0 Å². The molecule has 0 amide bonds. The van der Waals surface area contributed by atoms with Crippen molar-refractivity contribution in [2.75, 3.05) is 40.5 Å². The van der Waals surface area contributed by atoms with Gasteiger partial charge in [0, 0.05) is 25.1 Å². The van der Waals surface area contributed by atoms with E-state index in [2.05, 4.69) is 18.7 Å². The molecule has 138 valence electrons. The van der Waals surface area contributed by atoms with Gasteiger partial charge in [0.25, 0.3) is 0 Å². The Bertz CT molecular complexity index is 599. The van der Waals surface area contributed by atoms with E-state index < -0.39 is 0 Å². The quantitative estimate of drug-likeness (QED) is 0.673. The van der Waals surface area contributed by atoms with Crippen molar-refractivity contribution in [3.8, 4) is 17.2 Å². The van der Waals surface area contributed by atoms with Crippen LogP contribution in [0.15, 0.2) is 17.7 Å². The second-order valence-corrected chi connectivity index (χ2v) is 6.22. The molecule has 0 atom stereocenters. The van der Waals surface area contributed by atoms with E-state index >= 15 is 0 Å². The number of ether oxygens (including phenoxy) is 3. The third-order valence-corrected chi connectivity index (χ3v) is 4.22. The van der Waals surface area contributed by atoms with Gasteiger partial charge < -0.3 is 14.2 Å². The second-order valence-electron chi connectivity index (χ2n) is 6.22. The first kappa shape index (κ1) is 19.3. The molecule has 0 aromatic heterocycles. The molecular formula is C20H29NO4. The summed E-state index contributed by atoms with van der Waals surface area (Å²) in [6.45, 7) is 7.36. The summed E-state index contributed by atoms with van der Waals surface area (Å²) in [5.41, 5.74) is 1.73. The number of hydrogen-bond donors (Lipinski definition) is 0. The van der Waals surface area contributed by atoms with E-state index in [1.807, 2.05) is 18.2 Å². The van der Waals surface area contributed by atoms with Crippen LogP contribution < -0.4 is 14.2 Å². The van der Waals surface area contributed by atoms with Gasteiger partial charge in [0.05, 0.1) is 20.8 Å². The molecule has 1 heterocycles. The van der Waals surface area contributed by atoms with Gasteiger partial charge in [-0.25, -0.2) is 0 Å². The Labute approximate surface area is 150 Å². The Morgan fingerprint density at radius 3 is 2.36 bits per heavy atom. The van der Waals surface area contributed by atoms with Crippen LogP contribution in [-0.4, -0.2) is 51.1 Å². The zero-order valence-electron chi connectivity index (χ0n) is 15.8. The Morgan fingerprint density at radius 2 is 1.80 bits per heavy atom. The molecule has 0 unspecified atom stereocenters. The Morgan fingerprint density at radius 1 is 1.12 bits per heavy atom. The third kappa shape index (κ3) is 4.98. The zero-order valence-corrected chi connectivity index (χ0v) is 15.8. The summed E-state index contributed by atoms with van der Waals surface area (Å²) in [7, 11) is 3.22. The smallest absolute Gasteiger partial charge is 0.203 e. The number of carbonyl (C=O) groups is 1. The van der Waals surface area contributed by atoms with Gasteiger partial charge >= 0.3 is 0 Å². The number of benzene rings is 1. The molecular weight excluding hydrogens is 318 g/mol. The maximum Gasteiger partial charge on any atom is 0.203 e. The standard InChI is InChI=1S/C20H29NO4/c1-5-8-21-9-7-17(22)16(14-21)11-15-12-18(23-3)20(25-10-6-2)19(13-15)24-4/h11-13H,5-10,14H2,1-4H3/b16-11+. The number of hydrogen-bond acceptors (Lipinski definition) is 5. The predicted molar refractivity (Wildman–Crippen MR) is 99.7 cm³/mol. The first-order chi connectivity index (χ1) is 12.1. The molecule has 1 fully saturated rings. The summed E-state index contributed by atoms with van der Waals surface area (Å²) in [5, 5.41) is 0. The molecule has 0 saturated carbocycles. The average Bonchev–Trinajstić information content (AvgIpc) is 2.62. The fraction of sp³-hybridized carbons (Fsp3) is 0.550. The van der Waals surface area contributed by atoms with E-state index in [9.17, 15) is 4.79 Å². The zero-order chi connectivity index (χ0) is 18.2. The number of Topliss-reactive ketones (excluding diaryl/α,β-unsaturated/α-hetero) is 1. The summed E-state index contributed by atoms with van der Waals surface area (Å²) in [4.78, 5) is 14.6. The van der Waals surface area contributed by atoms with Gasteiger partial charge in [0.15, 0.2) is 17.3 Å². The highest BCUT2D eigenvalue weighted by Gasteiger charge is 2.21. The predicted octanol–water partition coefficient (Wildman–Crippen LogP) is 3.56. The van der Waals surface area contributed by atoms with Gasteiger partial charge in [-0.3, -0.25) is 9.69 Å². The van der Waals surface area contributed by atoms with E-state index in [1.54, 1.807) is 14.2 Å². The van der Waals surface area contributed by atoms with Crippen molar-refractivity contribution >= 4 is 11.9 Å². The summed E-state index contributed by atoms with van der Waals surface area (Å²) >= 11 is 0. The van der Waals surface area contributed by atoms with Crippen molar-refractivity contribution in [2.45, 2.75) is 33.1 Å². The number of nitrogens with zero attached hydrogens (tertiary/aromatic N) is 1. The number of ketones is 1. The van der Waals surface area contributed by atoms with Gasteiger partial charge in [0.2, 0.25) is 5.75 Å². The largest absolute Gasteiger partial charge is 0.493 e. The summed E-state index contributed by atoms with van der Waals surface area (Å²) < 4.78 is 16.7. The minimum Gasteiger partial charge on any atom is -0.493 e. The van der Waals surface area contributed by atoms with Crippen LogP contribution in [0.25, 0.3) is 6.08 Å². The molecule has 5 nitrogen and oxygen atoms in total. The first-order valence-electron chi connectivity index (χ1n) is 8.97. The molecule has 1 aromatic carbocycles. The molecule has 0 N–H and O–H groups in total. The van der Waals surface area contributed by atoms with E-state index in [1.165, 1.54) is 0 Å². The van der Waals surface area contributed by atoms with Crippen molar-refractivity contribution in [3.63, 3.8) is 0 Å². The highest BCUT2D eigenvalue weighted by molar-refractivity contribution is 6.00. The van der Waals surface area contributed by atoms with Crippen LogP contribution in [0.2, 0.25) is 0 Å². The molecule has 0 radical (unpaired) electrons. The van der Waals surface area contributed by atoms with E-state index in [-0.39, 0.29) is 5.78 Å². The Balaban J connectivity index is 2.33. The summed E-state index contributed by atoms with van der Waals surface area (Å²) in [5.74, 6) is 2.06. The minimum absolute atomic E-state index is 0.219. The highest BCUT2D eigenvalue weighted by atomic mass is 16.5. The van der Waals surface area contributed by atoms with Gasteiger partial charge in [-0.15, -0.1) is 0 Å². The number of methoxy groups -OCH3 is 2. The van der Waals surface area contributed by atoms with Crippen LogP contribution in [0.1, 0.15) is 38.7 Å². The molecule has 1 saturated heterocycles. The van der Waals surface area contributed by atoms with Crippen LogP contribution in [0, 0.1) is 0 Å². The van der Waals surface area contributed by atoms with Crippen LogP contribution in [0.4, 0.5) is 0 Å². The molecule has 25 heavy (non-hydrogen) atoms. The molecule has 5 heteroatoms. The Hall–Kier alpha value is -2.01. The SMILES string of the molecule is CCCOc1c(OC)cc(/C=C2\CN(CCC)CCC2=O)cc1OC. The van der Waals surface area contributed by atoms with Gasteiger partial charge in [0.1, 0.15) is 0 Å².